The number of nitrogens with two attached hydrogens (primary N) is 1. The lowest BCUT2D eigenvalue weighted by Crippen LogP contribution is -2.20. The molecule has 0 unspecified atom stereocenters. The zero-order valence-corrected chi connectivity index (χ0v) is 14.2. The first kappa shape index (κ1) is 21.1. The average molecular weight is 345 g/mol. The molecule has 0 radical (unpaired) electrons. The molecule has 0 aromatic heterocycles. The van der Waals surface area contributed by atoms with E-state index in [2.05, 4.69) is 6.58 Å². The van der Waals surface area contributed by atoms with Crippen LogP contribution < -0.4 is 5.73 Å². The van der Waals surface area contributed by atoms with Crippen LogP contribution in [0.15, 0.2) is 42.5 Å². The second kappa shape index (κ2) is 12.8. The zero-order chi connectivity index (χ0) is 14.7. The molecule has 1 aromatic carbocycles. The van der Waals surface area contributed by atoms with Crippen molar-refractivity contribution in [2.24, 2.45) is 5.73 Å². The van der Waals surface area contributed by atoms with E-state index in [0.29, 0.717) is 18.7 Å². The molecule has 0 spiro atoms. The molecule has 1 aromatic rings. The summed E-state index contributed by atoms with van der Waals surface area (Å²) < 4.78 is 4.83. The van der Waals surface area contributed by atoms with Gasteiger partial charge in [0.1, 0.15) is 6.61 Å². The number of hydrogen-bond donors (Lipinski definition) is 1. The molecular weight excluding hydrogens is 320 g/mol. The smallest absolute Gasteiger partial charge is 0.333 e. The Bertz CT molecular complexity index is 381. The van der Waals surface area contributed by atoms with Crippen molar-refractivity contribution in [3.63, 3.8) is 0 Å². The van der Waals surface area contributed by atoms with Crippen LogP contribution in [0.25, 0.3) is 0 Å². The fraction of sp³-hybridized carbons (Fsp3) is 0.400. The molecule has 0 aliphatic carbocycles. The number of carbonyl (C=O) groups excluding carboxylic acids is 1. The lowest BCUT2D eigenvalue weighted by molar-refractivity contribution is -0.139. The summed E-state index contributed by atoms with van der Waals surface area (Å²) >= 11 is 0. The normalized spacial score (nSPS) is 9.05. The van der Waals surface area contributed by atoms with Gasteiger partial charge in [0.25, 0.3) is 0 Å². The van der Waals surface area contributed by atoms with Crippen molar-refractivity contribution in [3.05, 3.63) is 48.0 Å². The molecule has 0 fully saturated rings. The minimum absolute atomic E-state index is 0. The van der Waals surface area contributed by atoms with Crippen LogP contribution in [0.5, 0.6) is 0 Å². The zero-order valence-electron chi connectivity index (χ0n) is 12.5. The largest absolute Gasteiger partial charge is 0.461 e. The van der Waals surface area contributed by atoms with Gasteiger partial charge in [-0.2, -0.15) is 0 Å². The van der Waals surface area contributed by atoms with Gasteiger partial charge >= 0.3 is 5.97 Å². The van der Waals surface area contributed by atoms with E-state index >= 15 is 0 Å². The van der Waals surface area contributed by atoms with Gasteiger partial charge in [-0.05, 0) is 26.6 Å². The van der Waals surface area contributed by atoms with Crippen molar-refractivity contribution in [1.82, 2.24) is 4.90 Å². The van der Waals surface area contributed by atoms with Crippen molar-refractivity contribution in [2.75, 3.05) is 27.2 Å². The Morgan fingerprint density at radius 2 is 1.85 bits per heavy atom. The van der Waals surface area contributed by atoms with Gasteiger partial charge in [0.15, 0.2) is 0 Å². The maximum absolute atomic E-state index is 10.8. The fourth-order valence-corrected chi connectivity index (χ4v) is 1.06. The first-order valence-corrected chi connectivity index (χ1v) is 6.18. The van der Waals surface area contributed by atoms with Crippen molar-refractivity contribution in [2.45, 2.75) is 13.5 Å². The highest BCUT2D eigenvalue weighted by Gasteiger charge is 2.01. The number of hydrogen-bond acceptors (Lipinski definition) is 4. The van der Waals surface area contributed by atoms with E-state index < -0.39 is 0 Å². The predicted molar refractivity (Wildman–Crippen MR) is 89.0 cm³/mol. The number of halogens is 1. The summed E-state index contributed by atoms with van der Waals surface area (Å²) in [6.07, 6.45) is 0. The summed E-state index contributed by atoms with van der Waals surface area (Å²) in [6.45, 7) is 6.92. The summed E-state index contributed by atoms with van der Waals surface area (Å²) in [5.41, 5.74) is 6.99. The minimum atomic E-state index is -0.313. The van der Waals surface area contributed by atoms with Crippen LogP contribution in [0.2, 0.25) is 0 Å². The summed E-state index contributed by atoms with van der Waals surface area (Å²) in [4.78, 5) is 12.7. The molecule has 1 rings (SSSR count). The van der Waals surface area contributed by atoms with Gasteiger partial charge in [-0.3, -0.25) is 0 Å². The van der Waals surface area contributed by atoms with Crippen molar-refractivity contribution in [1.29, 1.82) is 0 Å². The molecule has 20 heavy (non-hydrogen) atoms. The molecule has 0 heterocycles. The minimum Gasteiger partial charge on any atom is -0.461 e. The van der Waals surface area contributed by atoms with E-state index in [1.54, 1.807) is 6.92 Å². The lowest BCUT2D eigenvalue weighted by Gasteiger charge is -2.09. The Morgan fingerprint density at radius 1 is 1.30 bits per heavy atom. The molecule has 0 aliphatic rings. The third kappa shape index (κ3) is 11.9. The SMILES string of the molecule is Br.C=C(C)C(=O)OCCN(C)C.NCc1ccccc1. The molecule has 5 heteroatoms. The molecule has 0 amide bonds. The molecule has 0 saturated heterocycles. The molecular formula is C15H25BrN2O2. The van der Waals surface area contributed by atoms with Crippen molar-refractivity contribution >= 4 is 23.0 Å². The Morgan fingerprint density at radius 3 is 2.20 bits per heavy atom. The van der Waals surface area contributed by atoms with Crippen LogP contribution in [0.4, 0.5) is 0 Å². The van der Waals surface area contributed by atoms with Crippen LogP contribution in [0, 0.1) is 0 Å². The Balaban J connectivity index is 0. The van der Waals surface area contributed by atoms with Gasteiger partial charge in [0.2, 0.25) is 0 Å². The fourth-order valence-electron chi connectivity index (χ4n) is 1.06. The average Bonchev–Trinajstić information content (AvgIpc) is 2.39. The number of likely N-dealkylation sites (N-methyl/N-ethyl adjacent to an activating group) is 1. The lowest BCUT2D eigenvalue weighted by atomic mass is 10.2. The standard InChI is InChI=1S/C8H15NO2.C7H9N.BrH/c1-7(2)8(10)11-6-5-9(3)4;8-6-7-4-2-1-3-5-7;/h1,5-6H2,2-4H3;1-5H,6,8H2;1H. The van der Waals surface area contributed by atoms with Gasteiger partial charge in [-0.25, -0.2) is 4.79 Å². The predicted octanol–water partition coefficient (Wildman–Crippen LogP) is 2.39. The van der Waals surface area contributed by atoms with E-state index in [4.69, 9.17) is 10.5 Å². The Hall–Kier alpha value is -1.17. The molecule has 4 nitrogen and oxygen atoms in total. The number of esters is 1. The summed E-state index contributed by atoms with van der Waals surface area (Å²) in [6, 6.07) is 9.99. The van der Waals surface area contributed by atoms with Gasteiger partial charge in [-0.15, -0.1) is 17.0 Å². The van der Waals surface area contributed by atoms with E-state index in [9.17, 15) is 4.79 Å². The number of ether oxygens (including phenoxy) is 1. The van der Waals surface area contributed by atoms with Crippen LogP contribution >= 0.6 is 17.0 Å². The van der Waals surface area contributed by atoms with E-state index in [0.717, 1.165) is 6.54 Å². The number of rotatable bonds is 5. The second-order valence-electron chi connectivity index (χ2n) is 4.41. The summed E-state index contributed by atoms with van der Waals surface area (Å²) in [5, 5.41) is 0. The van der Waals surface area contributed by atoms with Crippen LogP contribution in [-0.4, -0.2) is 38.1 Å². The number of nitrogens with zero attached hydrogens (tertiary/aromatic N) is 1. The maximum atomic E-state index is 10.8. The topological polar surface area (TPSA) is 55.6 Å². The highest BCUT2D eigenvalue weighted by molar-refractivity contribution is 8.93. The highest BCUT2D eigenvalue weighted by Crippen LogP contribution is 1.94. The Labute approximate surface area is 132 Å². The molecule has 2 N–H and O–H groups in total. The highest BCUT2D eigenvalue weighted by atomic mass is 79.9. The summed E-state index contributed by atoms with van der Waals surface area (Å²) in [5.74, 6) is -0.313. The van der Waals surface area contributed by atoms with Crippen molar-refractivity contribution < 1.29 is 9.53 Å². The van der Waals surface area contributed by atoms with E-state index in [1.165, 1.54) is 5.56 Å². The van der Waals surface area contributed by atoms with Crippen molar-refractivity contribution in [3.8, 4) is 0 Å². The monoisotopic (exact) mass is 344 g/mol. The number of carbonyl (C=O) groups is 1. The Kier molecular flexibility index (Phi) is 13.6. The van der Waals surface area contributed by atoms with Crippen LogP contribution in [0.1, 0.15) is 12.5 Å². The number of benzene rings is 1. The molecule has 0 bridgehead atoms. The molecule has 0 aliphatic heterocycles. The van der Waals surface area contributed by atoms with E-state index in [1.807, 2.05) is 49.3 Å². The summed E-state index contributed by atoms with van der Waals surface area (Å²) in [7, 11) is 3.85. The van der Waals surface area contributed by atoms with Crippen LogP contribution in [0.3, 0.4) is 0 Å². The third-order valence-corrected chi connectivity index (χ3v) is 2.20. The maximum Gasteiger partial charge on any atom is 0.333 e. The molecule has 114 valence electrons. The van der Waals surface area contributed by atoms with Crippen LogP contribution in [-0.2, 0) is 16.1 Å². The van der Waals surface area contributed by atoms with Gasteiger partial charge in [-0.1, -0.05) is 36.9 Å². The first-order chi connectivity index (χ1) is 8.97. The van der Waals surface area contributed by atoms with E-state index in [-0.39, 0.29) is 23.0 Å². The molecule has 0 saturated carbocycles. The quantitative estimate of drug-likeness (QED) is 0.658. The van der Waals surface area contributed by atoms with Gasteiger partial charge in [0.05, 0.1) is 0 Å². The molecule has 0 atom stereocenters. The third-order valence-electron chi connectivity index (χ3n) is 2.20. The first-order valence-electron chi connectivity index (χ1n) is 6.18. The van der Waals surface area contributed by atoms with Gasteiger partial charge in [0, 0.05) is 18.7 Å². The van der Waals surface area contributed by atoms with Gasteiger partial charge < -0.3 is 15.4 Å². The second-order valence-corrected chi connectivity index (χ2v) is 4.41.